The molecule has 0 heterocycles. The first-order valence-corrected chi connectivity index (χ1v) is 5.39. The Labute approximate surface area is 94.8 Å². The van der Waals surface area contributed by atoms with Crippen molar-refractivity contribution < 1.29 is 9.53 Å². The highest BCUT2D eigenvalue weighted by Crippen LogP contribution is 2.17. The van der Waals surface area contributed by atoms with Gasteiger partial charge < -0.3 is 4.74 Å². The number of fused-ring (bicyclic) bond motifs is 1. The molecule has 0 fully saturated rings. The van der Waals surface area contributed by atoms with Crippen LogP contribution in [0.1, 0.15) is 22.8 Å². The molecule has 2 aromatic carbocycles. The monoisotopic (exact) mass is 214 g/mol. The fraction of sp³-hybridized carbons (Fsp3) is 0.214. The quantitative estimate of drug-likeness (QED) is 0.730. The molecule has 16 heavy (non-hydrogen) atoms. The molecule has 0 atom stereocenters. The maximum Gasteiger partial charge on any atom is 0.150 e. The first kappa shape index (κ1) is 10.8. The van der Waals surface area contributed by atoms with Crippen LogP contribution >= 0.6 is 0 Å². The number of rotatable bonds is 4. The third kappa shape index (κ3) is 2.28. The number of hydrogen-bond acceptors (Lipinski definition) is 2. The molecule has 2 heteroatoms. The molecule has 0 amide bonds. The highest BCUT2D eigenvalue weighted by Gasteiger charge is 1.98. The van der Waals surface area contributed by atoms with Crippen molar-refractivity contribution in [2.75, 3.05) is 6.61 Å². The van der Waals surface area contributed by atoms with Crippen LogP contribution in [0.15, 0.2) is 36.4 Å². The third-order valence-corrected chi connectivity index (χ3v) is 2.54. The molecule has 0 aliphatic heterocycles. The van der Waals surface area contributed by atoms with Crippen LogP contribution in [-0.4, -0.2) is 12.9 Å². The average molecular weight is 214 g/mol. The van der Waals surface area contributed by atoms with Gasteiger partial charge in [0.05, 0.1) is 6.61 Å². The van der Waals surface area contributed by atoms with Gasteiger partial charge in [0, 0.05) is 12.2 Å². The Bertz CT molecular complexity index is 503. The van der Waals surface area contributed by atoms with Crippen LogP contribution in [0.2, 0.25) is 0 Å². The Morgan fingerprint density at radius 1 is 1.12 bits per heavy atom. The minimum atomic E-state index is 0.641. The molecular formula is C14H14O2. The Morgan fingerprint density at radius 2 is 1.88 bits per heavy atom. The van der Waals surface area contributed by atoms with Gasteiger partial charge in [-0.05, 0) is 35.4 Å². The molecule has 0 aliphatic rings. The Hall–Kier alpha value is -1.67. The zero-order valence-corrected chi connectivity index (χ0v) is 9.27. The van der Waals surface area contributed by atoms with Crippen LogP contribution in [0.3, 0.4) is 0 Å². The molecular weight excluding hydrogens is 200 g/mol. The molecule has 0 saturated carbocycles. The summed E-state index contributed by atoms with van der Waals surface area (Å²) in [4.78, 5) is 10.6. The van der Waals surface area contributed by atoms with Gasteiger partial charge in [-0.15, -0.1) is 0 Å². The fourth-order valence-corrected chi connectivity index (χ4v) is 1.70. The predicted octanol–water partition coefficient (Wildman–Crippen LogP) is 3.19. The van der Waals surface area contributed by atoms with Gasteiger partial charge >= 0.3 is 0 Å². The molecule has 0 bridgehead atoms. The molecule has 0 radical (unpaired) electrons. The zero-order valence-electron chi connectivity index (χ0n) is 9.27. The lowest BCUT2D eigenvalue weighted by atomic mass is 10.1. The number of aldehydes is 1. The average Bonchev–Trinajstić information content (AvgIpc) is 2.35. The van der Waals surface area contributed by atoms with Gasteiger partial charge in [0.2, 0.25) is 0 Å². The minimum Gasteiger partial charge on any atom is -0.377 e. The second-order valence-corrected chi connectivity index (χ2v) is 3.70. The van der Waals surface area contributed by atoms with Gasteiger partial charge in [0.25, 0.3) is 0 Å². The van der Waals surface area contributed by atoms with Crippen LogP contribution in [0, 0.1) is 0 Å². The van der Waals surface area contributed by atoms with Crippen molar-refractivity contribution in [1.29, 1.82) is 0 Å². The van der Waals surface area contributed by atoms with E-state index >= 15 is 0 Å². The molecule has 0 unspecified atom stereocenters. The van der Waals surface area contributed by atoms with Crippen molar-refractivity contribution in [3.63, 3.8) is 0 Å². The minimum absolute atomic E-state index is 0.641. The van der Waals surface area contributed by atoms with Crippen LogP contribution in [0.25, 0.3) is 10.8 Å². The molecule has 82 valence electrons. The lowest BCUT2D eigenvalue weighted by Crippen LogP contribution is -1.91. The molecule has 2 rings (SSSR count). The van der Waals surface area contributed by atoms with E-state index in [0.717, 1.165) is 29.2 Å². The molecule has 0 spiro atoms. The highest BCUT2D eigenvalue weighted by molar-refractivity contribution is 5.89. The van der Waals surface area contributed by atoms with Crippen LogP contribution < -0.4 is 0 Å². The molecule has 0 N–H and O–H groups in total. The van der Waals surface area contributed by atoms with E-state index in [4.69, 9.17) is 4.74 Å². The summed E-state index contributed by atoms with van der Waals surface area (Å²) in [6.07, 6.45) is 0.869. The maximum absolute atomic E-state index is 10.6. The smallest absolute Gasteiger partial charge is 0.150 e. The molecule has 2 aromatic rings. The molecule has 0 saturated heterocycles. The summed E-state index contributed by atoms with van der Waals surface area (Å²) in [6.45, 7) is 3.35. The van der Waals surface area contributed by atoms with Crippen molar-refractivity contribution >= 4 is 17.1 Å². The Morgan fingerprint density at radius 3 is 2.62 bits per heavy atom. The normalized spacial score (nSPS) is 10.6. The zero-order chi connectivity index (χ0) is 11.4. The van der Waals surface area contributed by atoms with Crippen LogP contribution in [-0.2, 0) is 11.3 Å². The summed E-state index contributed by atoms with van der Waals surface area (Å²) < 4.78 is 5.36. The number of hydrogen-bond donors (Lipinski definition) is 0. The standard InChI is InChI=1S/C14H14O2/c1-2-16-10-12-4-6-13-7-11(9-15)3-5-14(13)8-12/h3-9H,2,10H2,1H3. The van der Waals surface area contributed by atoms with Crippen LogP contribution in [0.5, 0.6) is 0 Å². The number of carbonyl (C=O) groups excluding carboxylic acids is 1. The number of benzene rings is 2. The molecule has 0 aliphatic carbocycles. The van der Waals surface area contributed by atoms with Gasteiger partial charge in [0.1, 0.15) is 6.29 Å². The third-order valence-electron chi connectivity index (χ3n) is 2.54. The maximum atomic E-state index is 10.6. The second kappa shape index (κ2) is 4.90. The van der Waals surface area contributed by atoms with Gasteiger partial charge in [-0.2, -0.15) is 0 Å². The summed E-state index contributed by atoms with van der Waals surface area (Å²) in [7, 11) is 0. The van der Waals surface area contributed by atoms with Crippen molar-refractivity contribution in [3.05, 3.63) is 47.5 Å². The lowest BCUT2D eigenvalue weighted by molar-refractivity contribution is 0.112. The first-order valence-electron chi connectivity index (χ1n) is 5.39. The van der Waals surface area contributed by atoms with Gasteiger partial charge in [-0.3, -0.25) is 4.79 Å². The summed E-state index contributed by atoms with van der Waals surface area (Å²) in [5, 5.41) is 2.23. The van der Waals surface area contributed by atoms with Crippen LogP contribution in [0.4, 0.5) is 0 Å². The van der Waals surface area contributed by atoms with E-state index in [9.17, 15) is 4.79 Å². The second-order valence-electron chi connectivity index (χ2n) is 3.70. The SMILES string of the molecule is CCOCc1ccc2cc(C=O)ccc2c1. The van der Waals surface area contributed by atoms with E-state index in [2.05, 4.69) is 6.07 Å². The Kier molecular flexibility index (Phi) is 3.32. The molecule has 2 nitrogen and oxygen atoms in total. The summed E-state index contributed by atoms with van der Waals surface area (Å²) in [6, 6.07) is 11.9. The van der Waals surface area contributed by atoms with E-state index in [0.29, 0.717) is 12.2 Å². The van der Waals surface area contributed by atoms with E-state index in [1.165, 1.54) is 0 Å². The number of carbonyl (C=O) groups is 1. The highest BCUT2D eigenvalue weighted by atomic mass is 16.5. The van der Waals surface area contributed by atoms with Gasteiger partial charge in [-0.25, -0.2) is 0 Å². The fourth-order valence-electron chi connectivity index (χ4n) is 1.70. The van der Waals surface area contributed by atoms with Crippen molar-refractivity contribution in [2.24, 2.45) is 0 Å². The van der Waals surface area contributed by atoms with Gasteiger partial charge in [0.15, 0.2) is 0 Å². The summed E-state index contributed by atoms with van der Waals surface area (Å²) in [5.74, 6) is 0. The van der Waals surface area contributed by atoms with Crippen molar-refractivity contribution in [3.8, 4) is 0 Å². The summed E-state index contributed by atoms with van der Waals surface area (Å²) >= 11 is 0. The van der Waals surface area contributed by atoms with E-state index < -0.39 is 0 Å². The first-order chi connectivity index (χ1) is 7.83. The number of ether oxygens (including phenoxy) is 1. The van der Waals surface area contributed by atoms with E-state index in [-0.39, 0.29) is 0 Å². The Balaban J connectivity index is 2.35. The topological polar surface area (TPSA) is 26.3 Å². The van der Waals surface area contributed by atoms with E-state index in [1.807, 2.05) is 37.3 Å². The van der Waals surface area contributed by atoms with Gasteiger partial charge in [-0.1, -0.05) is 24.3 Å². The van der Waals surface area contributed by atoms with E-state index in [1.54, 1.807) is 0 Å². The van der Waals surface area contributed by atoms with Crippen molar-refractivity contribution in [2.45, 2.75) is 13.5 Å². The lowest BCUT2D eigenvalue weighted by Gasteiger charge is -2.04. The molecule has 0 aromatic heterocycles. The largest absolute Gasteiger partial charge is 0.377 e. The van der Waals surface area contributed by atoms with Crippen molar-refractivity contribution in [1.82, 2.24) is 0 Å². The summed E-state index contributed by atoms with van der Waals surface area (Å²) in [5.41, 5.74) is 1.87. The predicted molar refractivity (Wildman–Crippen MR) is 64.7 cm³/mol.